The Morgan fingerprint density at radius 3 is 2.54 bits per heavy atom. The Morgan fingerprint density at radius 2 is 1.85 bits per heavy atom. The monoisotopic (exact) mass is 365 g/mol. The molecule has 0 radical (unpaired) electrons. The summed E-state index contributed by atoms with van der Waals surface area (Å²) in [5.41, 5.74) is -1.84. The average Bonchev–Trinajstić information content (AvgIpc) is 3.04. The molecule has 1 aromatic carbocycles. The minimum atomic E-state index is -1.44. The van der Waals surface area contributed by atoms with Crippen molar-refractivity contribution in [2.45, 2.75) is 12.8 Å². The van der Waals surface area contributed by atoms with Crippen LogP contribution in [0.2, 0.25) is 0 Å². The molecule has 0 saturated heterocycles. The fraction of sp³-hybridized carbons (Fsp3) is 0.125. The molecule has 0 saturated carbocycles. The fourth-order valence-corrected chi connectivity index (χ4v) is 2.51. The van der Waals surface area contributed by atoms with Gasteiger partial charge in [0.25, 0.3) is 0 Å². The van der Waals surface area contributed by atoms with Crippen LogP contribution >= 0.6 is 0 Å². The van der Waals surface area contributed by atoms with E-state index in [0.717, 1.165) is 16.9 Å². The lowest BCUT2D eigenvalue weighted by Crippen LogP contribution is -2.30. The lowest BCUT2D eigenvalue weighted by molar-refractivity contribution is -0.136. The van der Waals surface area contributed by atoms with E-state index in [1.807, 2.05) is 0 Å². The highest BCUT2D eigenvalue weighted by Gasteiger charge is 2.19. The van der Waals surface area contributed by atoms with E-state index in [1.165, 1.54) is 0 Å². The predicted molar refractivity (Wildman–Crippen MR) is 82.7 cm³/mol. The third-order valence-electron chi connectivity index (χ3n) is 3.65. The van der Waals surface area contributed by atoms with E-state index in [2.05, 4.69) is 10.1 Å². The smallest absolute Gasteiger partial charge is 0.303 e. The quantitative estimate of drug-likeness (QED) is 0.678. The Balaban J connectivity index is 2.32. The number of hydrogen-bond acceptors (Lipinski definition) is 5. The molecular weight excluding hydrogens is 355 g/mol. The second-order valence-electron chi connectivity index (χ2n) is 5.35. The second-order valence-corrected chi connectivity index (χ2v) is 5.35. The summed E-state index contributed by atoms with van der Waals surface area (Å²) in [7, 11) is 0. The molecular formula is C16H10F3N3O4. The van der Waals surface area contributed by atoms with E-state index < -0.39 is 46.6 Å². The molecule has 0 atom stereocenters. The highest BCUT2D eigenvalue weighted by molar-refractivity contribution is 5.69. The van der Waals surface area contributed by atoms with Crippen LogP contribution in [-0.4, -0.2) is 30.8 Å². The van der Waals surface area contributed by atoms with Gasteiger partial charge in [0.05, 0.1) is 12.1 Å². The van der Waals surface area contributed by atoms with Gasteiger partial charge in [-0.05, 0) is 6.07 Å². The van der Waals surface area contributed by atoms with Gasteiger partial charge in [-0.25, -0.2) is 22.7 Å². The number of hydrogen-bond donors (Lipinski definition) is 2. The molecule has 2 N–H and O–H groups in total. The number of aliphatic hydroxyl groups is 1. The average molecular weight is 365 g/mol. The van der Waals surface area contributed by atoms with Crippen molar-refractivity contribution in [3.8, 4) is 11.3 Å². The second kappa shape index (κ2) is 6.47. The first-order valence-corrected chi connectivity index (χ1v) is 7.25. The molecule has 134 valence electrons. The number of benzene rings is 1. The van der Waals surface area contributed by atoms with Crippen molar-refractivity contribution in [1.82, 2.24) is 14.6 Å². The molecule has 2 aromatic heterocycles. The van der Waals surface area contributed by atoms with E-state index in [1.54, 1.807) is 0 Å². The molecule has 0 fully saturated rings. The Hall–Kier alpha value is -3.43. The molecule has 0 unspecified atom stereocenters. The molecule has 0 aliphatic carbocycles. The van der Waals surface area contributed by atoms with E-state index in [0.29, 0.717) is 12.1 Å². The predicted octanol–water partition coefficient (Wildman–Crippen LogP) is 1.42. The number of nitrogens with zero attached hydrogens (tertiary/aromatic N) is 3. The summed E-state index contributed by atoms with van der Waals surface area (Å²) < 4.78 is 42.0. The standard InChI is InChI=1S/C16H10F3N3O4/c17-7-3-8(15(19)9(18)4-7)10-5-12(24)14(11(23)1-2-13(25)26)16-20-6-21-22(10)16/h3-6,23H,1-2H2,(H,25,26)/b14-11-. The highest BCUT2D eigenvalue weighted by Crippen LogP contribution is 2.24. The number of carbonyl (C=O) groups is 1. The van der Waals surface area contributed by atoms with Crippen molar-refractivity contribution in [1.29, 1.82) is 0 Å². The van der Waals surface area contributed by atoms with Crippen molar-refractivity contribution < 1.29 is 28.2 Å². The Kier molecular flexibility index (Phi) is 4.33. The van der Waals surface area contributed by atoms with Crippen molar-refractivity contribution in [3.05, 3.63) is 57.4 Å². The molecule has 2 heterocycles. The maximum absolute atomic E-state index is 14.1. The molecule has 0 amide bonds. The third-order valence-corrected chi connectivity index (χ3v) is 3.65. The van der Waals surface area contributed by atoms with Crippen LogP contribution in [0.3, 0.4) is 0 Å². The molecule has 7 nitrogen and oxygen atoms in total. The molecule has 0 aliphatic rings. The van der Waals surface area contributed by atoms with Gasteiger partial charge in [0.15, 0.2) is 22.7 Å². The third kappa shape index (κ3) is 2.96. The number of carboxylic acids is 1. The van der Waals surface area contributed by atoms with Crippen LogP contribution in [0.5, 0.6) is 0 Å². The molecule has 10 heteroatoms. The van der Waals surface area contributed by atoms with Gasteiger partial charge in [-0.15, -0.1) is 0 Å². The van der Waals surface area contributed by atoms with Gasteiger partial charge in [0, 0.05) is 24.1 Å². The van der Waals surface area contributed by atoms with Crippen LogP contribution in [0.15, 0.2) is 29.3 Å². The molecule has 0 spiro atoms. The fourth-order valence-electron chi connectivity index (χ4n) is 2.51. The summed E-state index contributed by atoms with van der Waals surface area (Å²) in [6.45, 7) is 0. The molecule has 3 rings (SSSR count). The number of fused-ring (bicyclic) bond motifs is 1. The SMILES string of the molecule is O=C(O)CC/C(O)=c1\c(=O)cc(-c2cc(F)cc(F)c2F)n2ncnc12. The zero-order valence-corrected chi connectivity index (χ0v) is 12.9. The van der Waals surface area contributed by atoms with Gasteiger partial charge in [0.2, 0.25) is 0 Å². The molecule has 26 heavy (non-hydrogen) atoms. The van der Waals surface area contributed by atoms with Crippen molar-refractivity contribution in [2.24, 2.45) is 0 Å². The summed E-state index contributed by atoms with van der Waals surface area (Å²) in [5, 5.41) is 22.2. The van der Waals surface area contributed by atoms with Crippen LogP contribution in [0, 0.1) is 17.5 Å². The van der Waals surface area contributed by atoms with Crippen molar-refractivity contribution >= 4 is 17.4 Å². The van der Waals surface area contributed by atoms with Crippen molar-refractivity contribution in [2.75, 3.05) is 0 Å². The number of aliphatic hydroxyl groups excluding tert-OH is 1. The number of carboxylic acid groups (broad SMARTS) is 1. The maximum Gasteiger partial charge on any atom is 0.303 e. The summed E-state index contributed by atoms with van der Waals surface area (Å²) in [6.07, 6.45) is 0.228. The van der Waals surface area contributed by atoms with Gasteiger partial charge >= 0.3 is 5.97 Å². The van der Waals surface area contributed by atoms with Gasteiger partial charge in [-0.1, -0.05) is 0 Å². The Labute approximate surface area is 142 Å². The van der Waals surface area contributed by atoms with Gasteiger partial charge in [-0.2, -0.15) is 5.10 Å². The van der Waals surface area contributed by atoms with Crippen LogP contribution in [0.25, 0.3) is 22.7 Å². The van der Waals surface area contributed by atoms with E-state index in [4.69, 9.17) is 5.11 Å². The number of aromatic nitrogens is 3. The first kappa shape index (κ1) is 17.4. The number of rotatable bonds is 4. The largest absolute Gasteiger partial charge is 0.511 e. The van der Waals surface area contributed by atoms with Gasteiger partial charge < -0.3 is 10.2 Å². The lowest BCUT2D eigenvalue weighted by atomic mass is 10.1. The van der Waals surface area contributed by atoms with Crippen LogP contribution < -0.4 is 10.6 Å². The first-order valence-electron chi connectivity index (χ1n) is 7.25. The maximum atomic E-state index is 14.1. The summed E-state index contributed by atoms with van der Waals surface area (Å²) in [4.78, 5) is 26.8. The number of halogens is 3. The number of pyridine rings is 1. The van der Waals surface area contributed by atoms with Crippen LogP contribution in [-0.2, 0) is 4.79 Å². The van der Waals surface area contributed by atoms with Crippen molar-refractivity contribution in [3.63, 3.8) is 0 Å². The van der Waals surface area contributed by atoms with E-state index in [-0.39, 0.29) is 23.0 Å². The minimum Gasteiger partial charge on any atom is -0.511 e. The minimum absolute atomic E-state index is 0.195. The molecule has 3 aromatic rings. The topological polar surface area (TPSA) is 105 Å². The summed E-state index contributed by atoms with van der Waals surface area (Å²) >= 11 is 0. The zero-order valence-electron chi connectivity index (χ0n) is 12.9. The van der Waals surface area contributed by atoms with Crippen LogP contribution in [0.4, 0.5) is 13.2 Å². The summed E-state index contributed by atoms with van der Waals surface area (Å²) in [6, 6.07) is 1.89. The zero-order chi connectivity index (χ0) is 19.0. The van der Waals surface area contributed by atoms with Crippen LogP contribution in [0.1, 0.15) is 12.8 Å². The normalized spacial score (nSPS) is 12.4. The van der Waals surface area contributed by atoms with E-state index in [9.17, 15) is 27.9 Å². The highest BCUT2D eigenvalue weighted by atomic mass is 19.2. The lowest BCUT2D eigenvalue weighted by Gasteiger charge is -2.07. The van der Waals surface area contributed by atoms with Gasteiger partial charge in [0.1, 0.15) is 23.1 Å². The Bertz CT molecular complexity index is 1140. The van der Waals surface area contributed by atoms with Gasteiger partial charge in [-0.3, -0.25) is 9.59 Å². The summed E-state index contributed by atoms with van der Waals surface area (Å²) in [5.74, 6) is -5.60. The molecule has 0 aliphatic heterocycles. The first-order chi connectivity index (χ1) is 12.3. The number of aliphatic carboxylic acids is 1. The molecule has 0 bridgehead atoms. The Morgan fingerprint density at radius 1 is 1.12 bits per heavy atom. The van der Waals surface area contributed by atoms with E-state index >= 15 is 0 Å².